The molecule has 108 valence electrons. The van der Waals surface area contributed by atoms with Gasteiger partial charge in [-0.25, -0.2) is 0 Å². The minimum absolute atomic E-state index is 0.852. The standard InChI is InChI=1S/C15H28N4/c1-3-9-19-15(5-8-17-19)13-16-12-14-6-10-18(4-2)11-7-14/h5,8,14,16H,3-4,6-7,9-13H2,1-2H3. The maximum atomic E-state index is 4.36. The Morgan fingerprint density at radius 1 is 1.32 bits per heavy atom. The molecule has 1 aliphatic heterocycles. The molecule has 1 aromatic rings. The summed E-state index contributed by atoms with van der Waals surface area (Å²) in [6.07, 6.45) is 5.74. The highest BCUT2D eigenvalue weighted by molar-refractivity contribution is 5.00. The van der Waals surface area contributed by atoms with E-state index < -0.39 is 0 Å². The molecule has 0 unspecified atom stereocenters. The van der Waals surface area contributed by atoms with Gasteiger partial charge in [0.2, 0.25) is 0 Å². The predicted octanol–water partition coefficient (Wildman–Crippen LogP) is 2.11. The zero-order valence-electron chi connectivity index (χ0n) is 12.4. The maximum Gasteiger partial charge on any atom is 0.0522 e. The van der Waals surface area contributed by atoms with Crippen molar-refractivity contribution in [3.05, 3.63) is 18.0 Å². The van der Waals surface area contributed by atoms with Crippen LogP contribution in [-0.2, 0) is 13.1 Å². The second-order valence-corrected chi connectivity index (χ2v) is 5.55. The molecule has 0 atom stereocenters. The van der Waals surface area contributed by atoms with Gasteiger partial charge >= 0.3 is 0 Å². The normalized spacial score (nSPS) is 18.0. The number of nitrogens with zero attached hydrogens (tertiary/aromatic N) is 3. The van der Waals surface area contributed by atoms with Crippen LogP contribution in [-0.4, -0.2) is 40.9 Å². The fraction of sp³-hybridized carbons (Fsp3) is 0.800. The molecular formula is C15H28N4. The van der Waals surface area contributed by atoms with Gasteiger partial charge in [-0.2, -0.15) is 5.10 Å². The van der Waals surface area contributed by atoms with E-state index in [0.717, 1.165) is 32.0 Å². The number of likely N-dealkylation sites (tertiary alicyclic amines) is 1. The fourth-order valence-electron chi connectivity index (χ4n) is 2.83. The van der Waals surface area contributed by atoms with E-state index in [1.165, 1.54) is 38.2 Å². The molecular weight excluding hydrogens is 236 g/mol. The van der Waals surface area contributed by atoms with Gasteiger partial charge in [0.05, 0.1) is 5.69 Å². The smallest absolute Gasteiger partial charge is 0.0522 e. The first-order valence-electron chi connectivity index (χ1n) is 7.77. The van der Waals surface area contributed by atoms with Gasteiger partial charge in [-0.1, -0.05) is 13.8 Å². The molecule has 0 spiro atoms. The molecule has 0 bridgehead atoms. The van der Waals surface area contributed by atoms with Gasteiger partial charge in [0.1, 0.15) is 0 Å². The van der Waals surface area contributed by atoms with Crippen molar-refractivity contribution in [1.82, 2.24) is 20.0 Å². The lowest BCUT2D eigenvalue weighted by Gasteiger charge is -2.31. The summed E-state index contributed by atoms with van der Waals surface area (Å²) in [6.45, 7) is 11.3. The van der Waals surface area contributed by atoms with E-state index in [0.29, 0.717) is 0 Å². The van der Waals surface area contributed by atoms with Gasteiger partial charge < -0.3 is 10.2 Å². The lowest BCUT2D eigenvalue weighted by atomic mass is 9.97. The van der Waals surface area contributed by atoms with Crippen molar-refractivity contribution in [1.29, 1.82) is 0 Å². The molecule has 2 heterocycles. The summed E-state index contributed by atoms with van der Waals surface area (Å²) in [4.78, 5) is 2.55. The molecule has 19 heavy (non-hydrogen) atoms. The van der Waals surface area contributed by atoms with E-state index in [2.05, 4.69) is 39.9 Å². The molecule has 1 saturated heterocycles. The van der Waals surface area contributed by atoms with E-state index in [1.807, 2.05) is 6.20 Å². The van der Waals surface area contributed by atoms with Gasteiger partial charge in [0, 0.05) is 19.3 Å². The van der Waals surface area contributed by atoms with Gasteiger partial charge in [0.25, 0.3) is 0 Å². The van der Waals surface area contributed by atoms with Crippen LogP contribution in [0.25, 0.3) is 0 Å². The third-order valence-corrected chi connectivity index (χ3v) is 4.13. The van der Waals surface area contributed by atoms with Gasteiger partial charge in [-0.05, 0) is 57.4 Å². The van der Waals surface area contributed by atoms with Crippen LogP contribution in [0.15, 0.2) is 12.3 Å². The van der Waals surface area contributed by atoms with E-state index in [9.17, 15) is 0 Å². The van der Waals surface area contributed by atoms with Crippen molar-refractivity contribution in [2.45, 2.75) is 46.2 Å². The molecule has 1 aliphatic rings. The molecule has 1 fully saturated rings. The highest BCUT2D eigenvalue weighted by Gasteiger charge is 2.17. The average Bonchev–Trinajstić information content (AvgIpc) is 2.88. The second kappa shape index (κ2) is 7.65. The van der Waals surface area contributed by atoms with Crippen LogP contribution in [0.1, 0.15) is 38.8 Å². The summed E-state index contributed by atoms with van der Waals surface area (Å²) in [7, 11) is 0. The largest absolute Gasteiger partial charge is 0.311 e. The van der Waals surface area contributed by atoms with E-state index >= 15 is 0 Å². The Bertz CT molecular complexity index is 353. The summed E-state index contributed by atoms with van der Waals surface area (Å²) in [5.41, 5.74) is 1.31. The SMILES string of the molecule is CCCn1nccc1CNCC1CCN(CC)CC1. The van der Waals surface area contributed by atoms with Crippen molar-refractivity contribution in [2.75, 3.05) is 26.2 Å². The van der Waals surface area contributed by atoms with Crippen molar-refractivity contribution in [3.63, 3.8) is 0 Å². The highest BCUT2D eigenvalue weighted by atomic mass is 15.3. The van der Waals surface area contributed by atoms with Crippen LogP contribution < -0.4 is 5.32 Å². The molecule has 1 N–H and O–H groups in total. The van der Waals surface area contributed by atoms with Crippen LogP contribution in [0.5, 0.6) is 0 Å². The molecule has 0 radical (unpaired) electrons. The monoisotopic (exact) mass is 264 g/mol. The lowest BCUT2D eigenvalue weighted by Crippen LogP contribution is -2.37. The van der Waals surface area contributed by atoms with Crippen LogP contribution in [0.2, 0.25) is 0 Å². The topological polar surface area (TPSA) is 33.1 Å². The second-order valence-electron chi connectivity index (χ2n) is 5.55. The van der Waals surface area contributed by atoms with Gasteiger partial charge in [-0.15, -0.1) is 0 Å². The fourth-order valence-corrected chi connectivity index (χ4v) is 2.83. The summed E-state index contributed by atoms with van der Waals surface area (Å²) in [6, 6.07) is 2.13. The third-order valence-electron chi connectivity index (χ3n) is 4.13. The Kier molecular flexibility index (Phi) is 5.86. The first-order valence-corrected chi connectivity index (χ1v) is 7.77. The van der Waals surface area contributed by atoms with Crippen molar-refractivity contribution in [3.8, 4) is 0 Å². The minimum Gasteiger partial charge on any atom is -0.311 e. The molecule has 1 aromatic heterocycles. The molecule has 4 nitrogen and oxygen atoms in total. The first kappa shape index (κ1) is 14.5. The number of piperidine rings is 1. The molecule has 2 rings (SSSR count). The molecule has 0 saturated carbocycles. The summed E-state index contributed by atoms with van der Waals surface area (Å²) < 4.78 is 2.12. The quantitative estimate of drug-likeness (QED) is 0.819. The number of aromatic nitrogens is 2. The molecule has 4 heteroatoms. The van der Waals surface area contributed by atoms with Crippen molar-refractivity contribution in [2.24, 2.45) is 5.92 Å². The number of hydrogen-bond donors (Lipinski definition) is 1. The number of hydrogen-bond acceptors (Lipinski definition) is 3. The summed E-state index contributed by atoms with van der Waals surface area (Å²) in [5, 5.41) is 7.97. The predicted molar refractivity (Wildman–Crippen MR) is 79.1 cm³/mol. The van der Waals surface area contributed by atoms with E-state index in [4.69, 9.17) is 0 Å². The molecule has 0 aromatic carbocycles. The van der Waals surface area contributed by atoms with E-state index in [1.54, 1.807) is 0 Å². The first-order chi connectivity index (χ1) is 9.33. The number of rotatable bonds is 7. The maximum absolute atomic E-state index is 4.36. The molecule has 0 amide bonds. The number of nitrogens with one attached hydrogen (secondary N) is 1. The number of aryl methyl sites for hydroxylation is 1. The van der Waals surface area contributed by atoms with Crippen LogP contribution in [0.3, 0.4) is 0 Å². The van der Waals surface area contributed by atoms with Crippen LogP contribution in [0, 0.1) is 5.92 Å². The van der Waals surface area contributed by atoms with Gasteiger partial charge in [0.15, 0.2) is 0 Å². The third kappa shape index (κ3) is 4.32. The zero-order valence-corrected chi connectivity index (χ0v) is 12.4. The Labute approximate surface area is 117 Å². The summed E-state index contributed by atoms with van der Waals surface area (Å²) >= 11 is 0. The van der Waals surface area contributed by atoms with Crippen LogP contribution in [0.4, 0.5) is 0 Å². The Hall–Kier alpha value is -0.870. The van der Waals surface area contributed by atoms with E-state index in [-0.39, 0.29) is 0 Å². The Morgan fingerprint density at radius 2 is 2.11 bits per heavy atom. The molecule has 0 aliphatic carbocycles. The zero-order chi connectivity index (χ0) is 13.5. The lowest BCUT2D eigenvalue weighted by molar-refractivity contribution is 0.190. The highest BCUT2D eigenvalue weighted by Crippen LogP contribution is 2.16. The van der Waals surface area contributed by atoms with Crippen molar-refractivity contribution >= 4 is 0 Å². The summed E-state index contributed by atoms with van der Waals surface area (Å²) in [5.74, 6) is 0.852. The Morgan fingerprint density at radius 3 is 2.79 bits per heavy atom. The van der Waals surface area contributed by atoms with Gasteiger partial charge in [-0.3, -0.25) is 4.68 Å². The minimum atomic E-state index is 0.852. The van der Waals surface area contributed by atoms with Crippen molar-refractivity contribution < 1.29 is 0 Å². The Balaban J connectivity index is 1.67. The average molecular weight is 264 g/mol. The van der Waals surface area contributed by atoms with Crippen LogP contribution >= 0.6 is 0 Å².